The van der Waals surface area contributed by atoms with E-state index in [9.17, 15) is 29.7 Å². The molecule has 0 saturated heterocycles. The van der Waals surface area contributed by atoms with Crippen LogP contribution < -0.4 is 4.87 Å². The monoisotopic (exact) mass is 367 g/mol. The maximum Gasteiger partial charge on any atom is 0.312 e. The van der Waals surface area contributed by atoms with Crippen LogP contribution in [0.3, 0.4) is 0 Å². The number of carbonyl (C=O) groups is 2. The van der Waals surface area contributed by atoms with Crippen LogP contribution in [-0.4, -0.2) is 38.0 Å². The molecule has 2 heterocycles. The lowest BCUT2D eigenvalue weighted by Crippen LogP contribution is -2.44. The van der Waals surface area contributed by atoms with Gasteiger partial charge >= 0.3 is 16.8 Å². The largest absolute Gasteiger partial charge is 0.508 e. The first kappa shape index (κ1) is 16.6. The molecule has 1 aromatic heterocycles. The maximum atomic E-state index is 12.1. The number of aromatic nitrogens is 1. The van der Waals surface area contributed by atoms with Crippen molar-refractivity contribution in [3.63, 3.8) is 0 Å². The van der Waals surface area contributed by atoms with Crippen LogP contribution in [0.5, 0.6) is 5.75 Å². The van der Waals surface area contributed by atoms with Gasteiger partial charge in [0.15, 0.2) is 0 Å². The Labute approximate surface area is 144 Å². The number of carboxylic acid groups (broad SMARTS) is 2. The van der Waals surface area contributed by atoms with E-state index in [2.05, 4.69) is 4.98 Å². The number of benzene rings is 1. The number of hydrogen-bond acceptors (Lipinski definition) is 6. The minimum atomic E-state index is -1.66. The molecule has 0 radical (unpaired) electrons. The number of para-hydroxylation sites is 1. The topological polar surface area (TPSA) is 128 Å². The Morgan fingerprint density at radius 3 is 2.62 bits per heavy atom. The van der Waals surface area contributed by atoms with Gasteiger partial charge in [-0.05, 0) is 6.07 Å². The van der Waals surface area contributed by atoms with Crippen LogP contribution >= 0.6 is 23.1 Å². The van der Waals surface area contributed by atoms with Crippen LogP contribution in [0, 0.1) is 5.41 Å². The zero-order valence-corrected chi connectivity index (χ0v) is 13.8. The second-order valence-electron chi connectivity index (χ2n) is 5.52. The first-order valence-electron chi connectivity index (χ1n) is 6.94. The molecule has 0 bridgehead atoms. The van der Waals surface area contributed by atoms with E-state index in [-0.39, 0.29) is 16.4 Å². The summed E-state index contributed by atoms with van der Waals surface area (Å²) >= 11 is 1.97. The molecule has 0 amide bonds. The van der Waals surface area contributed by atoms with Gasteiger partial charge in [-0.15, -0.1) is 11.8 Å². The fourth-order valence-corrected chi connectivity index (χ4v) is 5.57. The van der Waals surface area contributed by atoms with Crippen molar-refractivity contribution >= 4 is 35.0 Å². The Hall–Kier alpha value is -2.26. The summed E-state index contributed by atoms with van der Waals surface area (Å²) in [4.78, 5) is 37.9. The quantitative estimate of drug-likeness (QED) is 0.650. The molecule has 24 heavy (non-hydrogen) atoms. The highest BCUT2D eigenvalue weighted by Gasteiger charge is 2.53. The van der Waals surface area contributed by atoms with Crippen LogP contribution in [0.2, 0.25) is 0 Å². The van der Waals surface area contributed by atoms with Gasteiger partial charge in [-0.3, -0.25) is 14.4 Å². The van der Waals surface area contributed by atoms with Gasteiger partial charge in [0.05, 0.1) is 16.9 Å². The molecule has 1 aromatic carbocycles. The summed E-state index contributed by atoms with van der Waals surface area (Å²) in [6, 6.07) is 6.21. The smallest absolute Gasteiger partial charge is 0.312 e. The number of nitrogens with one attached hydrogen (secondary N) is 1. The van der Waals surface area contributed by atoms with Gasteiger partial charge in [0.25, 0.3) is 0 Å². The SMILES string of the molecule is O=C(O)C[C@@]1(C(=O)O)CSc2[nH]c(=O)sc2[C@@H]1c1ccccc1O. The highest BCUT2D eigenvalue weighted by Crippen LogP contribution is 2.55. The number of aromatic hydroxyl groups is 1. The van der Waals surface area contributed by atoms with Crippen molar-refractivity contribution in [2.24, 2.45) is 5.41 Å². The predicted molar refractivity (Wildman–Crippen MR) is 87.9 cm³/mol. The minimum Gasteiger partial charge on any atom is -0.508 e. The van der Waals surface area contributed by atoms with Crippen molar-refractivity contribution in [1.29, 1.82) is 0 Å². The van der Waals surface area contributed by atoms with Crippen molar-refractivity contribution in [2.75, 3.05) is 5.75 Å². The number of thiazole rings is 1. The van der Waals surface area contributed by atoms with Gasteiger partial charge in [0.1, 0.15) is 5.75 Å². The van der Waals surface area contributed by atoms with Gasteiger partial charge in [-0.1, -0.05) is 29.5 Å². The molecule has 0 saturated carbocycles. The van der Waals surface area contributed by atoms with Gasteiger partial charge in [0, 0.05) is 22.1 Å². The van der Waals surface area contributed by atoms with Crippen molar-refractivity contribution in [3.8, 4) is 5.75 Å². The van der Waals surface area contributed by atoms with E-state index in [0.29, 0.717) is 15.5 Å². The van der Waals surface area contributed by atoms with Crippen LogP contribution in [0.1, 0.15) is 22.8 Å². The number of aromatic amines is 1. The lowest BCUT2D eigenvalue weighted by molar-refractivity contribution is -0.155. The third-order valence-electron chi connectivity index (χ3n) is 4.07. The van der Waals surface area contributed by atoms with Gasteiger partial charge < -0.3 is 20.3 Å². The zero-order valence-electron chi connectivity index (χ0n) is 12.2. The summed E-state index contributed by atoms with van der Waals surface area (Å²) in [6.45, 7) is 0. The Morgan fingerprint density at radius 2 is 2.00 bits per heavy atom. The molecule has 2 atom stereocenters. The number of aliphatic carboxylic acids is 2. The molecule has 9 heteroatoms. The maximum absolute atomic E-state index is 12.1. The Balaban J connectivity index is 2.29. The molecule has 0 aliphatic carbocycles. The molecular weight excluding hydrogens is 354 g/mol. The van der Waals surface area contributed by atoms with E-state index in [4.69, 9.17) is 0 Å². The molecule has 3 rings (SSSR count). The number of phenolic OH excluding ortho intramolecular Hbond substituents is 1. The van der Waals surface area contributed by atoms with Crippen molar-refractivity contribution in [3.05, 3.63) is 44.4 Å². The molecule has 1 aliphatic heterocycles. The van der Waals surface area contributed by atoms with Crippen molar-refractivity contribution in [1.82, 2.24) is 4.98 Å². The lowest BCUT2D eigenvalue weighted by atomic mass is 9.70. The predicted octanol–water partition coefficient (Wildman–Crippen LogP) is 1.93. The van der Waals surface area contributed by atoms with E-state index < -0.39 is 29.7 Å². The van der Waals surface area contributed by atoms with Gasteiger partial charge in [-0.25, -0.2) is 0 Å². The van der Waals surface area contributed by atoms with E-state index in [1.54, 1.807) is 18.2 Å². The Bertz CT molecular complexity index is 873. The minimum absolute atomic E-state index is 0.0205. The first-order chi connectivity index (χ1) is 11.3. The molecular formula is C15H13NO6S2. The average molecular weight is 367 g/mol. The number of fused-ring (bicyclic) bond motifs is 1. The molecule has 0 unspecified atom stereocenters. The van der Waals surface area contributed by atoms with E-state index in [1.807, 2.05) is 0 Å². The highest BCUT2D eigenvalue weighted by molar-refractivity contribution is 7.99. The average Bonchev–Trinajstić information content (AvgIpc) is 2.87. The molecule has 1 aliphatic rings. The lowest BCUT2D eigenvalue weighted by Gasteiger charge is -2.39. The van der Waals surface area contributed by atoms with Crippen LogP contribution in [-0.2, 0) is 9.59 Å². The fourth-order valence-electron chi connectivity index (χ4n) is 3.01. The highest BCUT2D eigenvalue weighted by atomic mass is 32.2. The number of phenols is 1. The molecule has 7 nitrogen and oxygen atoms in total. The molecule has 2 aromatic rings. The second-order valence-corrected chi connectivity index (χ2v) is 7.52. The summed E-state index contributed by atoms with van der Waals surface area (Å²) in [7, 11) is 0. The first-order valence-corrected chi connectivity index (χ1v) is 8.74. The summed E-state index contributed by atoms with van der Waals surface area (Å²) in [5.74, 6) is -3.58. The third-order valence-corrected chi connectivity index (χ3v) is 6.42. The molecule has 126 valence electrons. The van der Waals surface area contributed by atoms with Gasteiger partial charge in [0.2, 0.25) is 0 Å². The number of thioether (sulfide) groups is 1. The number of hydrogen-bond donors (Lipinski definition) is 4. The van der Waals surface area contributed by atoms with E-state index in [0.717, 1.165) is 23.1 Å². The summed E-state index contributed by atoms with van der Waals surface area (Å²) in [6.07, 6.45) is -0.611. The van der Waals surface area contributed by atoms with Crippen molar-refractivity contribution in [2.45, 2.75) is 17.4 Å². The zero-order chi connectivity index (χ0) is 17.5. The number of H-pyrrole nitrogens is 1. The van der Waals surface area contributed by atoms with Crippen molar-refractivity contribution < 1.29 is 24.9 Å². The molecule has 4 N–H and O–H groups in total. The fraction of sp³-hybridized carbons (Fsp3) is 0.267. The molecule has 0 fully saturated rings. The van der Waals surface area contributed by atoms with E-state index >= 15 is 0 Å². The van der Waals surface area contributed by atoms with Crippen LogP contribution in [0.15, 0.2) is 34.1 Å². The Kier molecular flexibility index (Phi) is 4.14. The molecule has 0 spiro atoms. The summed E-state index contributed by atoms with van der Waals surface area (Å²) < 4.78 is 0. The number of carboxylic acids is 2. The summed E-state index contributed by atoms with van der Waals surface area (Å²) in [5.41, 5.74) is -1.36. The summed E-state index contributed by atoms with van der Waals surface area (Å²) in [5, 5.41) is 29.9. The third kappa shape index (κ3) is 2.59. The van der Waals surface area contributed by atoms with E-state index in [1.165, 1.54) is 6.07 Å². The van der Waals surface area contributed by atoms with Gasteiger partial charge in [-0.2, -0.15) is 0 Å². The van der Waals surface area contributed by atoms with Crippen LogP contribution in [0.25, 0.3) is 0 Å². The van der Waals surface area contributed by atoms with Crippen LogP contribution in [0.4, 0.5) is 0 Å². The normalized spacial score (nSPS) is 22.8. The Morgan fingerprint density at radius 1 is 1.29 bits per heavy atom. The number of rotatable bonds is 4. The second kappa shape index (κ2) is 5.99. The standard InChI is InChI=1S/C15H13NO6S2/c17-8-4-2-1-3-7(8)10-11-12(16-14(22)24-11)23-6-15(10,13(20)21)5-9(18)19/h1-4,10,17H,5-6H2,(H,16,22)(H,18,19)(H,20,21)/t10-,15+/m0/s1.